The number of hydrogen-bond acceptors (Lipinski definition) is 4. The van der Waals surface area contributed by atoms with Crippen molar-refractivity contribution in [2.75, 3.05) is 7.11 Å². The third kappa shape index (κ3) is 2.48. The monoisotopic (exact) mass is 202 g/mol. The van der Waals surface area contributed by atoms with Crippen LogP contribution in [0.15, 0.2) is 12.3 Å². The third-order valence-corrected chi connectivity index (χ3v) is 1.52. The van der Waals surface area contributed by atoms with Gasteiger partial charge in [-0.1, -0.05) is 11.6 Å². The first-order valence-electron chi connectivity index (χ1n) is 3.30. The molecular formula is C7H7ClN2O3. The van der Waals surface area contributed by atoms with E-state index >= 15 is 0 Å². The maximum atomic E-state index is 10.3. The minimum absolute atomic E-state index is 0.0401. The number of methoxy groups -OCH3 is 1. The lowest BCUT2D eigenvalue weighted by Gasteiger charge is -2.03. The smallest absolute Gasteiger partial charge is 0.411 e. The molecule has 1 amide bonds. The number of nitrogens with two attached hydrogens (primary N) is 1. The van der Waals surface area contributed by atoms with Crippen molar-refractivity contribution >= 4 is 17.7 Å². The summed E-state index contributed by atoms with van der Waals surface area (Å²) >= 11 is 5.72. The van der Waals surface area contributed by atoms with Crippen LogP contribution in [0.1, 0.15) is 0 Å². The highest BCUT2D eigenvalue weighted by molar-refractivity contribution is 6.32. The van der Waals surface area contributed by atoms with Crippen LogP contribution in [0.3, 0.4) is 0 Å². The SMILES string of the molecule is COc1cnc(OC(N)=O)cc1Cl. The molecule has 70 valence electrons. The summed E-state index contributed by atoms with van der Waals surface area (Å²) < 4.78 is 9.32. The van der Waals surface area contributed by atoms with E-state index in [-0.39, 0.29) is 5.88 Å². The number of pyridine rings is 1. The number of amides is 1. The number of nitrogens with zero attached hydrogens (tertiary/aromatic N) is 1. The molecule has 13 heavy (non-hydrogen) atoms. The van der Waals surface area contributed by atoms with Crippen molar-refractivity contribution in [3.05, 3.63) is 17.3 Å². The van der Waals surface area contributed by atoms with Crippen molar-refractivity contribution in [2.24, 2.45) is 5.73 Å². The van der Waals surface area contributed by atoms with Crippen LogP contribution in [-0.4, -0.2) is 18.2 Å². The molecule has 0 saturated heterocycles. The number of carbonyl (C=O) groups is 1. The third-order valence-electron chi connectivity index (χ3n) is 1.22. The molecule has 0 spiro atoms. The standard InChI is InChI=1S/C7H7ClN2O3/c1-12-5-3-10-6(2-4(5)8)13-7(9)11/h2-3H,1H3,(H2,9,11). The van der Waals surface area contributed by atoms with Crippen LogP contribution >= 0.6 is 11.6 Å². The second-order valence-electron chi connectivity index (χ2n) is 2.08. The second kappa shape index (κ2) is 3.95. The van der Waals surface area contributed by atoms with Gasteiger partial charge in [-0.2, -0.15) is 0 Å². The fraction of sp³-hybridized carbons (Fsp3) is 0.143. The molecule has 5 nitrogen and oxygen atoms in total. The Balaban J connectivity index is 2.89. The van der Waals surface area contributed by atoms with E-state index < -0.39 is 6.09 Å². The van der Waals surface area contributed by atoms with Gasteiger partial charge in [0.2, 0.25) is 5.88 Å². The minimum atomic E-state index is -0.936. The van der Waals surface area contributed by atoms with Gasteiger partial charge in [0.05, 0.1) is 18.3 Å². The van der Waals surface area contributed by atoms with Crippen molar-refractivity contribution in [3.8, 4) is 11.6 Å². The van der Waals surface area contributed by atoms with E-state index in [2.05, 4.69) is 9.72 Å². The Morgan fingerprint density at radius 3 is 2.85 bits per heavy atom. The summed E-state index contributed by atoms with van der Waals surface area (Å²) in [4.78, 5) is 14.0. The predicted molar refractivity (Wildman–Crippen MR) is 46.0 cm³/mol. The Morgan fingerprint density at radius 1 is 1.69 bits per heavy atom. The van der Waals surface area contributed by atoms with Crippen molar-refractivity contribution in [2.45, 2.75) is 0 Å². The normalized spacial score (nSPS) is 9.38. The van der Waals surface area contributed by atoms with Gasteiger partial charge in [0.1, 0.15) is 0 Å². The number of primary amides is 1. The van der Waals surface area contributed by atoms with Crippen LogP contribution in [0.5, 0.6) is 11.6 Å². The Labute approximate surface area is 79.4 Å². The van der Waals surface area contributed by atoms with Gasteiger partial charge in [-0.25, -0.2) is 9.78 Å². The Kier molecular flexibility index (Phi) is 2.92. The Hall–Kier alpha value is -1.49. The van der Waals surface area contributed by atoms with Gasteiger partial charge in [0, 0.05) is 6.07 Å². The first-order chi connectivity index (χ1) is 6.13. The molecule has 0 atom stereocenters. The second-order valence-corrected chi connectivity index (χ2v) is 2.49. The molecule has 0 bridgehead atoms. The van der Waals surface area contributed by atoms with Crippen LogP contribution in [0.25, 0.3) is 0 Å². The highest BCUT2D eigenvalue weighted by Gasteiger charge is 2.05. The average Bonchev–Trinajstić information content (AvgIpc) is 2.03. The van der Waals surface area contributed by atoms with Crippen LogP contribution in [0, 0.1) is 0 Å². The van der Waals surface area contributed by atoms with E-state index in [0.717, 1.165) is 0 Å². The first kappa shape index (κ1) is 9.60. The summed E-state index contributed by atoms with van der Waals surface area (Å²) in [6.45, 7) is 0. The van der Waals surface area contributed by atoms with Crippen molar-refractivity contribution in [1.82, 2.24) is 4.98 Å². The number of halogens is 1. The molecule has 0 fully saturated rings. The molecule has 0 aliphatic heterocycles. The zero-order chi connectivity index (χ0) is 9.84. The summed E-state index contributed by atoms with van der Waals surface area (Å²) in [5, 5.41) is 0.300. The highest BCUT2D eigenvalue weighted by atomic mass is 35.5. The van der Waals surface area contributed by atoms with Crippen LogP contribution in [0.4, 0.5) is 4.79 Å². The van der Waals surface area contributed by atoms with E-state index in [1.807, 2.05) is 0 Å². The topological polar surface area (TPSA) is 74.4 Å². The molecule has 2 N–H and O–H groups in total. The van der Waals surface area contributed by atoms with Crippen molar-refractivity contribution in [1.29, 1.82) is 0 Å². The zero-order valence-electron chi connectivity index (χ0n) is 6.78. The summed E-state index contributed by atoms with van der Waals surface area (Å²) in [6.07, 6.45) is 0.398. The number of hydrogen-bond donors (Lipinski definition) is 1. The lowest BCUT2D eigenvalue weighted by molar-refractivity contribution is 0.209. The minimum Gasteiger partial charge on any atom is -0.494 e. The number of carbonyl (C=O) groups excluding carboxylic acids is 1. The molecule has 0 saturated carbocycles. The van der Waals surface area contributed by atoms with Gasteiger partial charge in [-0.15, -0.1) is 0 Å². The van der Waals surface area contributed by atoms with Gasteiger partial charge in [-0.05, 0) is 0 Å². The van der Waals surface area contributed by atoms with Gasteiger partial charge >= 0.3 is 6.09 Å². The van der Waals surface area contributed by atoms with E-state index in [1.165, 1.54) is 19.4 Å². The molecule has 0 aromatic carbocycles. The van der Waals surface area contributed by atoms with Crippen LogP contribution in [0.2, 0.25) is 5.02 Å². The number of rotatable bonds is 2. The molecule has 6 heteroatoms. The summed E-state index contributed by atoms with van der Waals surface area (Å²) in [5.74, 6) is 0.441. The highest BCUT2D eigenvalue weighted by Crippen LogP contribution is 2.25. The number of ether oxygens (including phenoxy) is 2. The maximum Gasteiger partial charge on any atom is 0.411 e. The average molecular weight is 203 g/mol. The quantitative estimate of drug-likeness (QED) is 0.782. The maximum absolute atomic E-state index is 10.3. The molecule has 0 unspecified atom stereocenters. The van der Waals surface area contributed by atoms with Crippen LogP contribution < -0.4 is 15.2 Å². The van der Waals surface area contributed by atoms with Gasteiger partial charge < -0.3 is 15.2 Å². The summed E-state index contributed by atoms with van der Waals surface area (Å²) in [6, 6.07) is 1.34. The Morgan fingerprint density at radius 2 is 2.38 bits per heavy atom. The molecule has 1 heterocycles. The predicted octanol–water partition coefficient (Wildman–Crippen LogP) is 1.20. The van der Waals surface area contributed by atoms with E-state index in [4.69, 9.17) is 22.1 Å². The lowest BCUT2D eigenvalue weighted by atomic mass is 10.4. The summed E-state index contributed by atoms with van der Waals surface area (Å²) in [7, 11) is 1.46. The number of aromatic nitrogens is 1. The van der Waals surface area contributed by atoms with E-state index in [0.29, 0.717) is 10.8 Å². The Bertz CT molecular complexity index is 330. The molecule has 0 aliphatic rings. The van der Waals surface area contributed by atoms with Gasteiger partial charge in [0.25, 0.3) is 0 Å². The fourth-order valence-corrected chi connectivity index (χ4v) is 0.929. The lowest BCUT2D eigenvalue weighted by Crippen LogP contribution is -2.16. The molecule has 0 aliphatic carbocycles. The zero-order valence-corrected chi connectivity index (χ0v) is 7.54. The van der Waals surface area contributed by atoms with E-state index in [1.54, 1.807) is 0 Å². The molecular weight excluding hydrogens is 196 g/mol. The van der Waals surface area contributed by atoms with Gasteiger partial charge in [-0.3, -0.25) is 0 Å². The largest absolute Gasteiger partial charge is 0.494 e. The van der Waals surface area contributed by atoms with Crippen molar-refractivity contribution < 1.29 is 14.3 Å². The molecule has 1 aromatic heterocycles. The summed E-state index contributed by atoms with van der Waals surface area (Å²) in [5.41, 5.74) is 4.77. The fourth-order valence-electron chi connectivity index (χ4n) is 0.710. The van der Waals surface area contributed by atoms with Crippen LogP contribution in [-0.2, 0) is 0 Å². The van der Waals surface area contributed by atoms with Crippen molar-refractivity contribution in [3.63, 3.8) is 0 Å². The molecule has 1 aromatic rings. The molecule has 1 rings (SSSR count). The van der Waals surface area contributed by atoms with E-state index in [9.17, 15) is 4.79 Å². The first-order valence-corrected chi connectivity index (χ1v) is 3.68. The molecule has 0 radical (unpaired) electrons. The van der Waals surface area contributed by atoms with Gasteiger partial charge in [0.15, 0.2) is 5.75 Å².